The second-order valence-corrected chi connectivity index (χ2v) is 10.1. The molecule has 1 fully saturated rings. The van der Waals surface area contributed by atoms with Crippen molar-refractivity contribution in [2.75, 3.05) is 26.2 Å². The van der Waals surface area contributed by atoms with Crippen molar-refractivity contribution in [1.29, 1.82) is 0 Å². The van der Waals surface area contributed by atoms with Gasteiger partial charge in [0.25, 0.3) is 5.78 Å². The zero-order valence-electron chi connectivity index (χ0n) is 21.9. The Balaban J connectivity index is 1.80. The summed E-state index contributed by atoms with van der Waals surface area (Å²) < 4.78 is 31.0. The molecule has 0 radical (unpaired) electrons. The summed E-state index contributed by atoms with van der Waals surface area (Å²) in [4.78, 5) is 33.1. The molecule has 4 aromatic rings. The first kappa shape index (κ1) is 26.2. The first-order valence-electron chi connectivity index (χ1n) is 11.9. The van der Waals surface area contributed by atoms with Gasteiger partial charge in [-0.2, -0.15) is 0 Å². The van der Waals surface area contributed by atoms with Gasteiger partial charge in [-0.15, -0.1) is 0 Å². The summed E-state index contributed by atoms with van der Waals surface area (Å²) in [5.41, 5.74) is 3.11. The summed E-state index contributed by atoms with van der Waals surface area (Å²) in [5.74, 6) is -1.78. The number of ether oxygens (including phenoxy) is 3. The van der Waals surface area contributed by atoms with Gasteiger partial charge in [-0.3, -0.25) is 14.5 Å². The van der Waals surface area contributed by atoms with Gasteiger partial charge in [0.15, 0.2) is 16.6 Å². The van der Waals surface area contributed by atoms with E-state index >= 15 is 0 Å². The third-order valence-corrected chi connectivity index (χ3v) is 7.59. The number of aryl methyl sites for hydroxylation is 2. The van der Waals surface area contributed by atoms with Crippen LogP contribution in [0.5, 0.6) is 17.2 Å². The number of amides is 1. The Morgan fingerprint density at radius 1 is 0.974 bits per heavy atom. The van der Waals surface area contributed by atoms with Crippen LogP contribution in [0, 0.1) is 19.7 Å². The van der Waals surface area contributed by atoms with E-state index in [0.29, 0.717) is 28.3 Å². The van der Waals surface area contributed by atoms with Crippen LogP contribution < -0.4 is 19.1 Å². The number of hydrogen-bond acceptors (Lipinski definition) is 8. The average Bonchev–Trinajstić information content (AvgIpc) is 3.46. The zero-order valence-corrected chi connectivity index (χ0v) is 22.7. The van der Waals surface area contributed by atoms with Gasteiger partial charge in [-0.25, -0.2) is 9.37 Å². The van der Waals surface area contributed by atoms with Crippen molar-refractivity contribution < 1.29 is 33.3 Å². The highest BCUT2D eigenvalue weighted by atomic mass is 32.1. The zero-order chi connectivity index (χ0) is 28.0. The summed E-state index contributed by atoms with van der Waals surface area (Å²) in [6.07, 6.45) is 0. The number of ketones is 1. The van der Waals surface area contributed by atoms with Gasteiger partial charge in [-0.05, 0) is 73.0 Å². The quantitative estimate of drug-likeness (QED) is 0.187. The Labute approximate surface area is 227 Å². The molecule has 1 aliphatic rings. The predicted octanol–water partition coefficient (Wildman–Crippen LogP) is 5.70. The minimum Gasteiger partial charge on any atom is -0.507 e. The molecule has 1 saturated heterocycles. The number of carbonyl (C=O) groups excluding carboxylic acids is 2. The molecule has 10 heteroatoms. The third-order valence-electron chi connectivity index (χ3n) is 6.59. The predicted molar refractivity (Wildman–Crippen MR) is 146 cm³/mol. The number of halogens is 1. The molecular weight excluding hydrogens is 523 g/mol. The van der Waals surface area contributed by atoms with Crippen molar-refractivity contribution in [3.8, 4) is 17.2 Å². The normalized spacial score (nSPS) is 16.7. The Hall–Kier alpha value is -4.44. The van der Waals surface area contributed by atoms with E-state index in [-0.39, 0.29) is 16.3 Å². The van der Waals surface area contributed by atoms with Crippen LogP contribution in [0.3, 0.4) is 0 Å². The SMILES string of the molecule is COc1cc(C2/C(=C(\O)c3ccc(F)cc3)C(=O)C(=O)N2c2nc3c(C)cc(C)cc3s2)cc(OC)c1OC. The molecule has 3 aromatic carbocycles. The molecule has 1 aliphatic heterocycles. The van der Waals surface area contributed by atoms with Crippen LogP contribution in [0.1, 0.15) is 28.3 Å². The number of nitrogens with zero attached hydrogens (tertiary/aromatic N) is 2. The molecule has 0 saturated carbocycles. The summed E-state index contributed by atoms with van der Waals surface area (Å²) in [6.45, 7) is 3.90. The van der Waals surface area contributed by atoms with Crippen LogP contribution in [0.25, 0.3) is 16.0 Å². The number of anilines is 1. The molecule has 200 valence electrons. The molecule has 1 N–H and O–H groups in total. The van der Waals surface area contributed by atoms with Crippen molar-refractivity contribution in [2.45, 2.75) is 19.9 Å². The molecule has 1 atom stereocenters. The number of fused-ring (bicyclic) bond motifs is 1. The van der Waals surface area contributed by atoms with Gasteiger partial charge in [-0.1, -0.05) is 17.4 Å². The van der Waals surface area contributed by atoms with Crippen molar-refractivity contribution in [3.63, 3.8) is 0 Å². The first-order valence-corrected chi connectivity index (χ1v) is 12.7. The van der Waals surface area contributed by atoms with Gasteiger partial charge in [0.05, 0.1) is 43.2 Å². The highest BCUT2D eigenvalue weighted by Gasteiger charge is 2.48. The molecule has 2 heterocycles. The smallest absolute Gasteiger partial charge is 0.301 e. The van der Waals surface area contributed by atoms with Crippen LogP contribution >= 0.6 is 11.3 Å². The van der Waals surface area contributed by atoms with Crippen LogP contribution in [0.4, 0.5) is 9.52 Å². The molecule has 1 unspecified atom stereocenters. The fourth-order valence-corrected chi connectivity index (χ4v) is 6.00. The topological polar surface area (TPSA) is 98.2 Å². The lowest BCUT2D eigenvalue weighted by atomic mass is 9.94. The minimum atomic E-state index is -1.09. The van der Waals surface area contributed by atoms with E-state index < -0.39 is 29.3 Å². The van der Waals surface area contributed by atoms with E-state index in [1.54, 1.807) is 12.1 Å². The van der Waals surface area contributed by atoms with Crippen molar-refractivity contribution in [1.82, 2.24) is 4.98 Å². The minimum absolute atomic E-state index is 0.173. The summed E-state index contributed by atoms with van der Waals surface area (Å²) >= 11 is 1.27. The van der Waals surface area contributed by atoms with E-state index in [0.717, 1.165) is 28.0 Å². The van der Waals surface area contributed by atoms with Crippen LogP contribution in [0.2, 0.25) is 0 Å². The molecule has 5 rings (SSSR count). The largest absolute Gasteiger partial charge is 0.507 e. The number of rotatable bonds is 6. The van der Waals surface area contributed by atoms with E-state index in [1.165, 1.54) is 49.7 Å². The molecule has 0 spiro atoms. The summed E-state index contributed by atoms with van der Waals surface area (Å²) in [7, 11) is 4.37. The first-order chi connectivity index (χ1) is 18.7. The molecule has 8 nitrogen and oxygen atoms in total. The summed E-state index contributed by atoms with van der Waals surface area (Å²) in [5, 5.41) is 11.6. The molecule has 1 amide bonds. The molecule has 0 bridgehead atoms. The Kier molecular flexibility index (Phi) is 6.73. The number of Topliss-reactive ketones (excluding diaryl/α,β-unsaturated/α-hetero) is 1. The van der Waals surface area contributed by atoms with Crippen LogP contribution in [-0.4, -0.2) is 43.1 Å². The lowest BCUT2D eigenvalue weighted by molar-refractivity contribution is -0.132. The average molecular weight is 549 g/mol. The second kappa shape index (κ2) is 10.0. The summed E-state index contributed by atoms with van der Waals surface area (Å²) in [6, 6.07) is 11.1. The number of aromatic nitrogens is 1. The second-order valence-electron chi connectivity index (χ2n) is 9.06. The lowest BCUT2D eigenvalue weighted by Crippen LogP contribution is -2.29. The Bertz CT molecular complexity index is 1640. The molecule has 39 heavy (non-hydrogen) atoms. The van der Waals surface area contributed by atoms with Gasteiger partial charge >= 0.3 is 5.91 Å². The molecule has 1 aromatic heterocycles. The Morgan fingerprint density at radius 3 is 2.21 bits per heavy atom. The number of hydrogen-bond donors (Lipinski definition) is 1. The number of carbonyl (C=O) groups is 2. The van der Waals surface area contributed by atoms with E-state index in [4.69, 9.17) is 19.2 Å². The molecular formula is C29H25FN2O6S. The van der Waals surface area contributed by atoms with Gasteiger partial charge in [0.1, 0.15) is 11.6 Å². The fourth-order valence-electron chi connectivity index (χ4n) is 4.83. The maximum Gasteiger partial charge on any atom is 0.301 e. The number of aliphatic hydroxyl groups excluding tert-OH is 1. The van der Waals surface area contributed by atoms with E-state index in [2.05, 4.69) is 0 Å². The highest BCUT2D eigenvalue weighted by molar-refractivity contribution is 7.22. The lowest BCUT2D eigenvalue weighted by Gasteiger charge is -2.24. The van der Waals surface area contributed by atoms with Gasteiger partial charge in [0, 0.05) is 5.56 Å². The van der Waals surface area contributed by atoms with Crippen molar-refractivity contribution in [3.05, 3.63) is 82.2 Å². The fraction of sp³-hybridized carbons (Fsp3) is 0.207. The Morgan fingerprint density at radius 2 is 1.62 bits per heavy atom. The number of benzene rings is 3. The maximum atomic E-state index is 13.6. The number of thiazole rings is 1. The molecule has 0 aliphatic carbocycles. The van der Waals surface area contributed by atoms with Crippen LogP contribution in [0.15, 0.2) is 54.1 Å². The van der Waals surface area contributed by atoms with E-state index in [9.17, 15) is 19.1 Å². The van der Waals surface area contributed by atoms with E-state index in [1.807, 2.05) is 26.0 Å². The van der Waals surface area contributed by atoms with Crippen molar-refractivity contribution >= 4 is 44.1 Å². The highest BCUT2D eigenvalue weighted by Crippen LogP contribution is 2.48. The number of methoxy groups -OCH3 is 3. The van der Waals surface area contributed by atoms with Gasteiger partial charge in [0.2, 0.25) is 5.75 Å². The maximum absolute atomic E-state index is 13.6. The standard InChI is InChI=1S/C29H25FN2O6S/c1-14-10-15(2)23-21(11-14)39-29(31-23)32-24(17-12-19(36-3)27(38-5)20(13-17)37-4)22(26(34)28(32)35)25(33)16-6-8-18(30)9-7-16/h6-13,24,33H,1-5H3/b25-22+. The van der Waals surface area contributed by atoms with Gasteiger partial charge < -0.3 is 19.3 Å². The van der Waals surface area contributed by atoms with Crippen LogP contribution in [-0.2, 0) is 9.59 Å². The van der Waals surface area contributed by atoms with Crippen molar-refractivity contribution in [2.24, 2.45) is 0 Å². The number of aliphatic hydroxyl groups is 1. The third kappa shape index (κ3) is 4.36. The monoisotopic (exact) mass is 548 g/mol.